The van der Waals surface area contributed by atoms with E-state index in [0.29, 0.717) is 22.6 Å². The Bertz CT molecular complexity index is 1180. The summed E-state index contributed by atoms with van der Waals surface area (Å²) in [6, 6.07) is 21.4. The fraction of sp³-hybridized carbons (Fsp3) is 0.0870. The van der Waals surface area contributed by atoms with Crippen molar-refractivity contribution in [3.8, 4) is 0 Å². The molecule has 0 aliphatic rings. The lowest BCUT2D eigenvalue weighted by molar-refractivity contribution is 0.101. The smallest absolute Gasteiger partial charge is 0.272 e. The van der Waals surface area contributed by atoms with Crippen LogP contribution in [-0.2, 0) is 6.54 Å². The third-order valence-electron chi connectivity index (χ3n) is 4.72. The number of rotatable bonds is 4. The molecule has 4 rings (SSSR count). The van der Waals surface area contributed by atoms with Crippen LogP contribution in [0.2, 0.25) is 0 Å². The molecule has 0 aliphatic heterocycles. The Hall–Kier alpha value is -3.60. The minimum atomic E-state index is -0.301. The summed E-state index contributed by atoms with van der Waals surface area (Å²) in [5, 5.41) is 3.77. The first-order valence-corrected chi connectivity index (χ1v) is 9.01. The van der Waals surface area contributed by atoms with Gasteiger partial charge in [0.25, 0.3) is 5.91 Å². The van der Waals surface area contributed by atoms with E-state index in [1.807, 2.05) is 47.9 Å². The topological polar surface area (TPSA) is 60.1 Å². The first kappa shape index (κ1) is 17.8. The molecule has 4 nitrogen and oxygen atoms in total. The van der Waals surface area contributed by atoms with E-state index in [2.05, 4.69) is 5.32 Å². The van der Waals surface area contributed by atoms with Gasteiger partial charge in [0.15, 0.2) is 0 Å². The van der Waals surface area contributed by atoms with E-state index >= 15 is 0 Å². The minimum Gasteiger partial charge on any atom is -0.399 e. The molecule has 0 aliphatic carbocycles. The van der Waals surface area contributed by atoms with E-state index in [4.69, 9.17) is 5.73 Å². The van der Waals surface area contributed by atoms with Crippen molar-refractivity contribution >= 4 is 28.2 Å². The molecule has 1 aromatic heterocycles. The summed E-state index contributed by atoms with van der Waals surface area (Å²) in [6.45, 7) is 2.21. The van der Waals surface area contributed by atoms with Crippen LogP contribution in [0.1, 0.15) is 21.6 Å². The molecule has 0 saturated carbocycles. The van der Waals surface area contributed by atoms with Gasteiger partial charge >= 0.3 is 0 Å². The summed E-state index contributed by atoms with van der Waals surface area (Å²) in [5.41, 5.74) is 10.1. The highest BCUT2D eigenvalue weighted by Crippen LogP contribution is 2.25. The van der Waals surface area contributed by atoms with Gasteiger partial charge in [-0.1, -0.05) is 30.3 Å². The molecule has 140 valence electrons. The standard InChI is InChI=1S/C23H20FN3O/c1-15-5-4-7-19(11-15)26-23(28)22-13-17-12-18(25)9-10-21(17)27(22)14-16-6-2-3-8-20(16)24/h2-13H,14,25H2,1H3,(H,26,28). The van der Waals surface area contributed by atoms with Gasteiger partial charge in [0.05, 0.1) is 6.54 Å². The minimum absolute atomic E-state index is 0.247. The molecule has 28 heavy (non-hydrogen) atoms. The summed E-state index contributed by atoms with van der Waals surface area (Å²) in [5.74, 6) is -0.554. The Balaban J connectivity index is 1.78. The van der Waals surface area contributed by atoms with Crippen LogP contribution < -0.4 is 11.1 Å². The maximum atomic E-state index is 14.2. The van der Waals surface area contributed by atoms with Crippen molar-refractivity contribution in [1.29, 1.82) is 0 Å². The molecule has 3 N–H and O–H groups in total. The Labute approximate surface area is 162 Å². The van der Waals surface area contributed by atoms with Crippen LogP contribution in [0.4, 0.5) is 15.8 Å². The fourth-order valence-corrected chi connectivity index (χ4v) is 3.36. The van der Waals surface area contributed by atoms with Gasteiger partial charge in [0, 0.05) is 27.8 Å². The van der Waals surface area contributed by atoms with Gasteiger partial charge < -0.3 is 15.6 Å². The Morgan fingerprint density at radius 2 is 1.86 bits per heavy atom. The molecule has 3 aromatic carbocycles. The number of benzene rings is 3. The van der Waals surface area contributed by atoms with Gasteiger partial charge in [0.2, 0.25) is 0 Å². The van der Waals surface area contributed by atoms with Crippen LogP contribution in [0.15, 0.2) is 72.8 Å². The SMILES string of the molecule is Cc1cccc(NC(=O)c2cc3cc(N)ccc3n2Cc2ccccc2F)c1. The number of hydrogen-bond acceptors (Lipinski definition) is 2. The number of amides is 1. The van der Waals surface area contributed by atoms with Gasteiger partial charge in [-0.15, -0.1) is 0 Å². The number of aromatic nitrogens is 1. The molecule has 1 heterocycles. The van der Waals surface area contributed by atoms with Gasteiger partial charge in [-0.2, -0.15) is 0 Å². The molecule has 0 unspecified atom stereocenters. The summed E-state index contributed by atoms with van der Waals surface area (Å²) in [6.07, 6.45) is 0. The second-order valence-corrected chi connectivity index (χ2v) is 6.85. The first-order valence-electron chi connectivity index (χ1n) is 9.01. The molecule has 1 amide bonds. The van der Waals surface area contributed by atoms with E-state index < -0.39 is 0 Å². The van der Waals surface area contributed by atoms with E-state index in [9.17, 15) is 9.18 Å². The van der Waals surface area contributed by atoms with Crippen molar-refractivity contribution in [1.82, 2.24) is 4.57 Å². The number of halogens is 1. The van der Waals surface area contributed by atoms with Gasteiger partial charge in [-0.3, -0.25) is 4.79 Å². The largest absolute Gasteiger partial charge is 0.399 e. The van der Waals surface area contributed by atoms with E-state index in [0.717, 1.165) is 16.5 Å². The van der Waals surface area contributed by atoms with Gasteiger partial charge in [-0.05, 0) is 55.0 Å². The summed E-state index contributed by atoms with van der Waals surface area (Å²) >= 11 is 0. The molecular formula is C23H20FN3O. The number of anilines is 2. The predicted octanol–water partition coefficient (Wildman–Crippen LogP) is 4.97. The zero-order valence-electron chi connectivity index (χ0n) is 15.4. The highest BCUT2D eigenvalue weighted by atomic mass is 19.1. The maximum Gasteiger partial charge on any atom is 0.272 e. The molecule has 0 atom stereocenters. The maximum absolute atomic E-state index is 14.2. The number of aryl methyl sites for hydroxylation is 1. The fourth-order valence-electron chi connectivity index (χ4n) is 3.36. The molecule has 0 spiro atoms. The van der Waals surface area contributed by atoms with Gasteiger partial charge in [-0.25, -0.2) is 4.39 Å². The normalized spacial score (nSPS) is 10.9. The lowest BCUT2D eigenvalue weighted by Crippen LogP contribution is -2.18. The quantitative estimate of drug-likeness (QED) is 0.496. The average Bonchev–Trinajstić information content (AvgIpc) is 3.01. The van der Waals surface area contributed by atoms with Crippen molar-refractivity contribution in [2.45, 2.75) is 13.5 Å². The highest BCUT2D eigenvalue weighted by Gasteiger charge is 2.17. The number of nitrogens with one attached hydrogen (secondary N) is 1. The van der Waals surface area contributed by atoms with Crippen LogP contribution >= 0.6 is 0 Å². The summed E-state index contributed by atoms with van der Waals surface area (Å²) in [4.78, 5) is 13.0. The Morgan fingerprint density at radius 3 is 2.64 bits per heavy atom. The third kappa shape index (κ3) is 3.47. The van der Waals surface area contributed by atoms with E-state index in [1.54, 1.807) is 30.3 Å². The Kier molecular flexibility index (Phi) is 4.57. The number of nitrogens with two attached hydrogens (primary N) is 1. The number of carbonyl (C=O) groups excluding carboxylic acids is 1. The van der Waals surface area contributed by atoms with Crippen LogP contribution in [0.5, 0.6) is 0 Å². The van der Waals surface area contributed by atoms with Crippen molar-refractivity contribution < 1.29 is 9.18 Å². The number of fused-ring (bicyclic) bond motifs is 1. The van der Waals surface area contributed by atoms with Crippen molar-refractivity contribution in [3.05, 3.63) is 95.4 Å². The molecule has 0 bridgehead atoms. The zero-order valence-corrected chi connectivity index (χ0v) is 15.4. The van der Waals surface area contributed by atoms with Crippen LogP contribution in [0.25, 0.3) is 10.9 Å². The van der Waals surface area contributed by atoms with E-state index in [1.165, 1.54) is 6.07 Å². The van der Waals surface area contributed by atoms with E-state index in [-0.39, 0.29) is 18.3 Å². The number of nitrogens with zero attached hydrogens (tertiary/aromatic N) is 1. The van der Waals surface area contributed by atoms with Crippen molar-refractivity contribution in [2.75, 3.05) is 11.1 Å². The number of hydrogen-bond donors (Lipinski definition) is 2. The summed E-state index contributed by atoms with van der Waals surface area (Å²) in [7, 11) is 0. The zero-order chi connectivity index (χ0) is 19.7. The molecular weight excluding hydrogens is 353 g/mol. The van der Waals surface area contributed by atoms with Crippen LogP contribution in [0, 0.1) is 12.7 Å². The Morgan fingerprint density at radius 1 is 1.04 bits per heavy atom. The number of carbonyl (C=O) groups is 1. The second kappa shape index (κ2) is 7.19. The second-order valence-electron chi connectivity index (χ2n) is 6.85. The lowest BCUT2D eigenvalue weighted by Gasteiger charge is -2.12. The monoisotopic (exact) mass is 373 g/mol. The molecule has 0 fully saturated rings. The van der Waals surface area contributed by atoms with Gasteiger partial charge in [0.1, 0.15) is 11.5 Å². The van der Waals surface area contributed by atoms with Crippen LogP contribution in [0.3, 0.4) is 0 Å². The lowest BCUT2D eigenvalue weighted by atomic mass is 10.2. The number of nitrogen functional groups attached to an aromatic ring is 1. The third-order valence-corrected chi connectivity index (χ3v) is 4.72. The predicted molar refractivity (Wildman–Crippen MR) is 111 cm³/mol. The first-order chi connectivity index (χ1) is 13.5. The van der Waals surface area contributed by atoms with Crippen LogP contribution in [-0.4, -0.2) is 10.5 Å². The van der Waals surface area contributed by atoms with Crippen molar-refractivity contribution in [2.24, 2.45) is 0 Å². The molecule has 0 radical (unpaired) electrons. The van der Waals surface area contributed by atoms with Crippen molar-refractivity contribution in [3.63, 3.8) is 0 Å². The highest BCUT2D eigenvalue weighted by molar-refractivity contribution is 6.06. The molecule has 4 aromatic rings. The molecule has 0 saturated heterocycles. The molecule has 5 heteroatoms. The summed E-state index contributed by atoms with van der Waals surface area (Å²) < 4.78 is 16.1. The average molecular weight is 373 g/mol.